The van der Waals surface area contributed by atoms with Gasteiger partial charge in [-0.05, 0) is 43.6 Å². The van der Waals surface area contributed by atoms with Gasteiger partial charge in [0, 0.05) is 66.9 Å². The standard InChI is InChI=1S/C23H20Cl2FN5O.CH5N.CH4S/c24-17-7-28-8-18(25)16(17)9-32-20-5-14(1-3-19(20)26)22(27)15-2-4-21(30-6-15)31-12-23(13-31)10-29-11-23;2*1-2/h1-8,27,29H,9-13H2;2H2,1H3;2H,1H3. The monoisotopic (exact) mass is 550 g/mol. The average Bonchev–Trinajstić information content (AvgIpc) is 2.85. The minimum atomic E-state index is -0.534. The third-order valence-corrected chi connectivity index (χ3v) is 6.61. The molecule has 7 nitrogen and oxygen atoms in total. The van der Waals surface area contributed by atoms with Crippen molar-refractivity contribution in [2.24, 2.45) is 11.1 Å². The Balaban J connectivity index is 0.000000861. The molecule has 0 aliphatic carbocycles. The molecule has 192 valence electrons. The van der Waals surface area contributed by atoms with Crippen LogP contribution in [0, 0.1) is 16.6 Å². The number of anilines is 1. The minimum absolute atomic E-state index is 0.0146. The van der Waals surface area contributed by atoms with Crippen LogP contribution in [0.4, 0.5) is 10.2 Å². The summed E-state index contributed by atoms with van der Waals surface area (Å²) in [5, 5.41) is 12.6. The van der Waals surface area contributed by atoms with Crippen LogP contribution in [0.3, 0.4) is 0 Å². The Kier molecular flexibility index (Phi) is 9.92. The fourth-order valence-electron chi connectivity index (χ4n) is 4.01. The van der Waals surface area contributed by atoms with Crippen molar-refractivity contribution in [1.82, 2.24) is 15.3 Å². The van der Waals surface area contributed by atoms with Crippen LogP contribution in [-0.2, 0) is 6.61 Å². The fraction of sp³-hybridized carbons (Fsp3) is 0.320. The zero-order valence-corrected chi connectivity index (χ0v) is 22.5. The number of thiol groups is 1. The summed E-state index contributed by atoms with van der Waals surface area (Å²) >= 11 is 15.7. The molecule has 0 bridgehead atoms. The maximum atomic E-state index is 14.3. The van der Waals surface area contributed by atoms with E-state index < -0.39 is 5.82 Å². The number of nitrogens with zero attached hydrogens (tertiary/aromatic N) is 3. The quantitative estimate of drug-likeness (QED) is 0.267. The highest BCUT2D eigenvalue weighted by Gasteiger charge is 2.47. The second-order valence-electron chi connectivity index (χ2n) is 8.26. The number of ether oxygens (including phenoxy) is 1. The van der Waals surface area contributed by atoms with Gasteiger partial charge in [0.05, 0.1) is 15.8 Å². The maximum Gasteiger partial charge on any atom is 0.165 e. The zero-order chi connectivity index (χ0) is 26.3. The second-order valence-corrected chi connectivity index (χ2v) is 9.07. The topological polar surface area (TPSA) is 100 Å². The van der Waals surface area contributed by atoms with Crippen molar-refractivity contribution in [3.63, 3.8) is 0 Å². The molecule has 0 unspecified atom stereocenters. The minimum Gasteiger partial charge on any atom is -0.486 e. The molecular weight excluding hydrogens is 522 g/mol. The van der Waals surface area contributed by atoms with Gasteiger partial charge in [0.2, 0.25) is 0 Å². The third-order valence-electron chi connectivity index (χ3n) is 5.96. The Morgan fingerprint density at radius 2 is 1.75 bits per heavy atom. The summed E-state index contributed by atoms with van der Waals surface area (Å²) in [6.07, 6.45) is 6.28. The number of halogens is 3. The smallest absolute Gasteiger partial charge is 0.165 e. The molecule has 4 heterocycles. The maximum absolute atomic E-state index is 14.3. The number of aromatic nitrogens is 2. The third kappa shape index (κ3) is 6.10. The summed E-state index contributed by atoms with van der Waals surface area (Å²) in [4.78, 5) is 10.7. The lowest BCUT2D eigenvalue weighted by Gasteiger charge is -2.56. The lowest BCUT2D eigenvalue weighted by Crippen LogP contribution is -2.71. The molecular formula is C25H29Cl2FN6OS. The SMILES string of the molecule is CN.CS.N=C(c1ccc(N2CC3(CNC3)C2)nc1)c1ccc(F)c(OCc2c(Cl)cncc2Cl)c1. The highest BCUT2D eigenvalue weighted by atomic mass is 35.5. The summed E-state index contributed by atoms with van der Waals surface area (Å²) in [5.74, 6) is 0.391. The van der Waals surface area contributed by atoms with Crippen LogP contribution in [-0.4, -0.2) is 55.2 Å². The number of hydrogen-bond acceptors (Lipinski definition) is 8. The molecule has 0 radical (unpaired) electrons. The molecule has 0 saturated carbocycles. The molecule has 0 atom stereocenters. The Labute approximate surface area is 226 Å². The Bertz CT molecular complexity index is 1170. The fourth-order valence-corrected chi connectivity index (χ4v) is 4.48. The van der Waals surface area contributed by atoms with E-state index in [0.717, 1.165) is 32.0 Å². The molecule has 2 fully saturated rings. The van der Waals surface area contributed by atoms with Gasteiger partial charge in [-0.25, -0.2) is 9.37 Å². The Morgan fingerprint density at radius 1 is 1.11 bits per heavy atom. The van der Waals surface area contributed by atoms with E-state index in [9.17, 15) is 4.39 Å². The van der Waals surface area contributed by atoms with Crippen molar-refractivity contribution in [2.45, 2.75) is 6.61 Å². The largest absolute Gasteiger partial charge is 0.486 e. The van der Waals surface area contributed by atoms with Gasteiger partial charge in [-0.3, -0.25) is 10.4 Å². The van der Waals surface area contributed by atoms with E-state index in [4.69, 9.17) is 33.3 Å². The Morgan fingerprint density at radius 3 is 2.31 bits per heavy atom. The van der Waals surface area contributed by atoms with E-state index in [-0.39, 0.29) is 18.1 Å². The van der Waals surface area contributed by atoms with Gasteiger partial charge in [0.1, 0.15) is 12.4 Å². The first-order valence-corrected chi connectivity index (χ1v) is 12.8. The molecule has 2 aliphatic heterocycles. The number of hydrogen-bond donors (Lipinski definition) is 4. The summed E-state index contributed by atoms with van der Waals surface area (Å²) in [6.45, 7) is 4.14. The van der Waals surface area contributed by atoms with Gasteiger partial charge >= 0.3 is 0 Å². The predicted molar refractivity (Wildman–Crippen MR) is 148 cm³/mol. The van der Waals surface area contributed by atoms with Gasteiger partial charge in [-0.15, -0.1) is 0 Å². The van der Waals surface area contributed by atoms with Crippen molar-refractivity contribution in [2.75, 3.05) is 44.4 Å². The van der Waals surface area contributed by atoms with Crippen LogP contribution < -0.4 is 20.7 Å². The van der Waals surface area contributed by atoms with Crippen LogP contribution in [0.25, 0.3) is 0 Å². The summed E-state index contributed by atoms with van der Waals surface area (Å²) in [6, 6.07) is 8.13. The van der Waals surface area contributed by atoms with Crippen LogP contribution in [0.2, 0.25) is 10.0 Å². The van der Waals surface area contributed by atoms with E-state index in [0.29, 0.717) is 32.2 Å². The van der Waals surface area contributed by atoms with Gasteiger partial charge < -0.3 is 20.7 Å². The Hall–Kier alpha value is -2.43. The van der Waals surface area contributed by atoms with Crippen molar-refractivity contribution in [1.29, 1.82) is 5.41 Å². The second kappa shape index (κ2) is 12.7. The number of nitrogens with one attached hydrogen (secondary N) is 2. The summed E-state index contributed by atoms with van der Waals surface area (Å²) < 4.78 is 20.0. The van der Waals surface area contributed by atoms with Crippen LogP contribution in [0.15, 0.2) is 48.9 Å². The molecule has 2 aromatic heterocycles. The normalized spacial score (nSPS) is 14.9. The molecule has 4 N–H and O–H groups in total. The van der Waals surface area contributed by atoms with Gasteiger partial charge in [0.15, 0.2) is 11.6 Å². The van der Waals surface area contributed by atoms with Crippen molar-refractivity contribution >= 4 is 47.4 Å². The molecule has 0 amide bonds. The highest BCUT2D eigenvalue weighted by Crippen LogP contribution is 2.36. The molecule has 5 rings (SSSR count). The predicted octanol–water partition coefficient (Wildman–Crippen LogP) is 4.45. The van der Waals surface area contributed by atoms with Crippen LogP contribution in [0.5, 0.6) is 5.75 Å². The van der Waals surface area contributed by atoms with E-state index >= 15 is 0 Å². The van der Waals surface area contributed by atoms with Gasteiger partial charge in [-0.1, -0.05) is 23.2 Å². The average molecular weight is 552 g/mol. The molecule has 3 aromatic rings. The van der Waals surface area contributed by atoms with Crippen LogP contribution >= 0.6 is 35.8 Å². The first-order valence-electron chi connectivity index (χ1n) is 11.2. The lowest BCUT2D eigenvalue weighted by atomic mass is 9.74. The zero-order valence-electron chi connectivity index (χ0n) is 20.1. The first kappa shape index (κ1) is 28.1. The number of rotatable bonds is 6. The summed E-state index contributed by atoms with van der Waals surface area (Å²) in [7, 11) is 1.50. The lowest BCUT2D eigenvalue weighted by molar-refractivity contribution is 0.120. The molecule has 2 aliphatic rings. The summed E-state index contributed by atoms with van der Waals surface area (Å²) in [5.41, 5.74) is 6.84. The van der Waals surface area contributed by atoms with Crippen LogP contribution in [0.1, 0.15) is 16.7 Å². The van der Waals surface area contributed by atoms with E-state index in [1.165, 1.54) is 31.6 Å². The first-order chi connectivity index (χ1) is 17.4. The highest BCUT2D eigenvalue weighted by molar-refractivity contribution is 7.79. The number of benzene rings is 1. The van der Waals surface area contributed by atoms with Crippen molar-refractivity contribution in [3.05, 3.63) is 81.5 Å². The molecule has 1 aromatic carbocycles. The van der Waals surface area contributed by atoms with Gasteiger partial charge in [0.25, 0.3) is 0 Å². The molecule has 36 heavy (non-hydrogen) atoms. The number of pyridine rings is 2. The molecule has 2 saturated heterocycles. The van der Waals surface area contributed by atoms with E-state index in [1.54, 1.807) is 18.5 Å². The molecule has 11 heteroatoms. The van der Waals surface area contributed by atoms with Crippen molar-refractivity contribution < 1.29 is 9.13 Å². The number of nitrogens with two attached hydrogens (primary N) is 1. The van der Waals surface area contributed by atoms with E-state index in [1.807, 2.05) is 12.1 Å². The van der Waals surface area contributed by atoms with E-state index in [2.05, 4.69) is 38.5 Å². The van der Waals surface area contributed by atoms with Crippen molar-refractivity contribution in [3.8, 4) is 5.75 Å². The molecule has 1 spiro atoms. The van der Waals surface area contributed by atoms with Gasteiger partial charge in [-0.2, -0.15) is 12.6 Å².